The number of nitro groups is 2. The van der Waals surface area contributed by atoms with Gasteiger partial charge in [0.05, 0.1) is 21.6 Å². The summed E-state index contributed by atoms with van der Waals surface area (Å²) in [7, 11) is 0. The van der Waals surface area contributed by atoms with Gasteiger partial charge in [0.2, 0.25) is 0 Å². The topological polar surface area (TPSA) is 98.3 Å². The van der Waals surface area contributed by atoms with E-state index in [1.54, 1.807) is 6.07 Å². The first-order valence-corrected chi connectivity index (χ1v) is 7.28. The van der Waals surface area contributed by atoms with E-state index in [9.17, 15) is 20.2 Å². The predicted octanol–water partition coefficient (Wildman–Crippen LogP) is 4.47. The van der Waals surface area contributed by atoms with Crippen molar-refractivity contribution in [3.05, 3.63) is 55.0 Å². The van der Waals surface area contributed by atoms with E-state index in [0.29, 0.717) is 4.90 Å². The van der Waals surface area contributed by atoms with Crippen LogP contribution in [0.1, 0.15) is 0 Å². The summed E-state index contributed by atoms with van der Waals surface area (Å²) in [5, 5.41) is 25.0. The third-order valence-electron chi connectivity index (χ3n) is 2.90. The number of hydrogen-bond donors (Lipinski definition) is 1. The van der Waals surface area contributed by atoms with Crippen molar-refractivity contribution in [1.82, 2.24) is 0 Å². The minimum atomic E-state index is -0.635. The number of nitrogens with zero attached hydrogens (tertiary/aromatic N) is 2. The summed E-state index contributed by atoms with van der Waals surface area (Å²) >= 11 is 4.61. The van der Waals surface area contributed by atoms with Crippen molar-refractivity contribution >= 4 is 50.4 Å². The average Bonchev–Trinajstić information content (AvgIpc) is 2.43. The Kier molecular flexibility index (Phi) is 3.30. The quantitative estimate of drug-likeness (QED) is 0.529. The van der Waals surface area contributed by atoms with E-state index in [1.807, 2.05) is 12.1 Å². The lowest BCUT2D eigenvalue weighted by Crippen LogP contribution is -2.04. The molecular formula is C12H6BrN3O4S. The molecule has 0 radical (unpaired) electrons. The Morgan fingerprint density at radius 2 is 1.81 bits per heavy atom. The Morgan fingerprint density at radius 3 is 2.48 bits per heavy atom. The summed E-state index contributed by atoms with van der Waals surface area (Å²) in [6.07, 6.45) is 0. The molecule has 0 fully saturated rings. The van der Waals surface area contributed by atoms with E-state index in [2.05, 4.69) is 21.2 Å². The minimum absolute atomic E-state index is 0.283. The lowest BCUT2D eigenvalue weighted by Gasteiger charge is -2.20. The highest BCUT2D eigenvalue weighted by molar-refractivity contribution is 9.10. The zero-order valence-corrected chi connectivity index (χ0v) is 12.6. The van der Waals surface area contributed by atoms with Crippen LogP contribution >= 0.6 is 27.7 Å². The van der Waals surface area contributed by atoms with Crippen LogP contribution in [0, 0.1) is 20.2 Å². The maximum atomic E-state index is 11.1. The molecule has 1 N–H and O–H groups in total. The van der Waals surface area contributed by atoms with Crippen LogP contribution in [0.3, 0.4) is 0 Å². The van der Waals surface area contributed by atoms with E-state index < -0.39 is 9.85 Å². The van der Waals surface area contributed by atoms with Gasteiger partial charge in [-0.1, -0.05) is 27.7 Å². The Morgan fingerprint density at radius 1 is 1.05 bits per heavy atom. The fraction of sp³-hybridized carbons (Fsp3) is 0. The molecule has 0 unspecified atom stereocenters. The third kappa shape index (κ3) is 2.45. The number of benzene rings is 2. The molecule has 21 heavy (non-hydrogen) atoms. The predicted molar refractivity (Wildman–Crippen MR) is 81.3 cm³/mol. The Hall–Kier alpha value is -2.13. The SMILES string of the molecule is O=[N+]([O-])c1cc2c(c([N+](=O)[O-])c1)Nc1ccc(Br)cc1S2. The maximum absolute atomic E-state index is 11.1. The number of non-ortho nitro benzene ring substituents is 1. The van der Waals surface area contributed by atoms with Crippen molar-refractivity contribution in [1.29, 1.82) is 0 Å². The average molecular weight is 368 g/mol. The standard InChI is InChI=1S/C12H6BrN3O4S/c13-6-1-2-8-10(3-6)21-11-5-7(15(17)18)4-9(16(19)20)12(11)14-8/h1-5,14H. The van der Waals surface area contributed by atoms with E-state index >= 15 is 0 Å². The van der Waals surface area contributed by atoms with E-state index in [-0.39, 0.29) is 17.1 Å². The van der Waals surface area contributed by atoms with Gasteiger partial charge in [-0.3, -0.25) is 20.2 Å². The molecule has 0 atom stereocenters. The van der Waals surface area contributed by atoms with Crippen molar-refractivity contribution in [3.63, 3.8) is 0 Å². The van der Waals surface area contributed by atoms with Gasteiger partial charge < -0.3 is 5.32 Å². The zero-order chi connectivity index (χ0) is 15.1. The van der Waals surface area contributed by atoms with E-state index in [4.69, 9.17) is 0 Å². The van der Waals surface area contributed by atoms with Crippen molar-refractivity contribution in [2.24, 2.45) is 0 Å². The number of nitrogens with one attached hydrogen (secondary N) is 1. The second-order valence-electron chi connectivity index (χ2n) is 4.22. The molecular weight excluding hydrogens is 362 g/mol. The molecule has 0 bridgehead atoms. The molecule has 0 saturated heterocycles. The van der Waals surface area contributed by atoms with Crippen LogP contribution in [0.2, 0.25) is 0 Å². The molecule has 106 valence electrons. The first-order chi connectivity index (χ1) is 9.95. The van der Waals surface area contributed by atoms with Crippen molar-refractivity contribution < 1.29 is 9.85 Å². The van der Waals surface area contributed by atoms with E-state index in [1.165, 1.54) is 17.8 Å². The molecule has 1 heterocycles. The number of fused-ring (bicyclic) bond motifs is 2. The van der Waals surface area contributed by atoms with Gasteiger partial charge in [-0.15, -0.1) is 0 Å². The van der Waals surface area contributed by atoms with Crippen molar-refractivity contribution in [2.75, 3.05) is 5.32 Å². The molecule has 1 aliphatic heterocycles. The largest absolute Gasteiger partial charge is 0.348 e. The molecule has 2 aromatic rings. The first kappa shape index (κ1) is 13.8. The summed E-state index contributed by atoms with van der Waals surface area (Å²) in [4.78, 5) is 22.1. The van der Waals surface area contributed by atoms with Gasteiger partial charge in [0.25, 0.3) is 5.69 Å². The van der Waals surface area contributed by atoms with Gasteiger partial charge in [-0.25, -0.2) is 0 Å². The van der Waals surface area contributed by atoms with E-state index in [0.717, 1.165) is 21.1 Å². The highest BCUT2D eigenvalue weighted by Crippen LogP contribution is 2.49. The first-order valence-electron chi connectivity index (χ1n) is 5.67. The summed E-state index contributed by atoms with van der Waals surface area (Å²) in [5.74, 6) is 0. The van der Waals surface area contributed by atoms with Crippen LogP contribution < -0.4 is 5.32 Å². The zero-order valence-electron chi connectivity index (χ0n) is 10.2. The smallest absolute Gasteiger partial charge is 0.300 e. The number of nitro benzene ring substituents is 2. The number of anilines is 2. The Bertz CT molecular complexity index is 796. The van der Waals surface area contributed by atoms with Gasteiger partial charge >= 0.3 is 5.69 Å². The summed E-state index contributed by atoms with van der Waals surface area (Å²) in [6.45, 7) is 0. The van der Waals surface area contributed by atoms with Gasteiger partial charge in [-0.05, 0) is 18.2 Å². The molecule has 0 spiro atoms. The molecule has 2 aromatic carbocycles. The molecule has 1 aliphatic rings. The molecule has 9 heteroatoms. The van der Waals surface area contributed by atoms with Gasteiger partial charge in [-0.2, -0.15) is 0 Å². The molecule has 0 aromatic heterocycles. The fourth-order valence-corrected chi connectivity index (χ4v) is 3.58. The summed E-state index contributed by atoms with van der Waals surface area (Å²) in [5.41, 5.74) is 0.409. The Labute approximate surface area is 130 Å². The van der Waals surface area contributed by atoms with Gasteiger partial charge in [0.15, 0.2) is 0 Å². The van der Waals surface area contributed by atoms with Crippen LogP contribution in [0.4, 0.5) is 22.7 Å². The van der Waals surface area contributed by atoms with Crippen LogP contribution in [-0.4, -0.2) is 9.85 Å². The number of rotatable bonds is 2. The maximum Gasteiger partial charge on any atom is 0.300 e. The van der Waals surface area contributed by atoms with Crippen molar-refractivity contribution in [3.8, 4) is 0 Å². The van der Waals surface area contributed by atoms with Crippen LogP contribution in [0.5, 0.6) is 0 Å². The third-order valence-corrected chi connectivity index (χ3v) is 4.49. The monoisotopic (exact) mass is 367 g/mol. The lowest BCUT2D eigenvalue weighted by molar-refractivity contribution is -0.393. The van der Waals surface area contributed by atoms with Crippen LogP contribution in [0.25, 0.3) is 0 Å². The highest BCUT2D eigenvalue weighted by atomic mass is 79.9. The molecule has 0 saturated carbocycles. The summed E-state index contributed by atoms with van der Waals surface area (Å²) < 4.78 is 0.860. The number of halogens is 1. The molecule has 0 amide bonds. The lowest BCUT2D eigenvalue weighted by atomic mass is 10.2. The second-order valence-corrected chi connectivity index (χ2v) is 6.22. The van der Waals surface area contributed by atoms with Gasteiger partial charge in [0.1, 0.15) is 5.69 Å². The van der Waals surface area contributed by atoms with Crippen LogP contribution in [0.15, 0.2) is 44.6 Å². The van der Waals surface area contributed by atoms with Gasteiger partial charge in [0, 0.05) is 20.3 Å². The minimum Gasteiger partial charge on any atom is -0.348 e. The van der Waals surface area contributed by atoms with Crippen molar-refractivity contribution in [2.45, 2.75) is 9.79 Å². The van der Waals surface area contributed by atoms with Crippen LogP contribution in [-0.2, 0) is 0 Å². The highest BCUT2D eigenvalue weighted by Gasteiger charge is 2.28. The summed E-state index contributed by atoms with van der Waals surface area (Å²) in [6, 6.07) is 7.76. The molecule has 3 rings (SSSR count). The molecule has 7 nitrogen and oxygen atoms in total. The normalized spacial score (nSPS) is 12.0. The second kappa shape index (κ2) is 5.01. The number of hydrogen-bond acceptors (Lipinski definition) is 6. The fourth-order valence-electron chi connectivity index (χ4n) is 1.98. The molecule has 0 aliphatic carbocycles. The Balaban J connectivity index is 2.18.